The predicted molar refractivity (Wildman–Crippen MR) is 94.4 cm³/mol. The quantitative estimate of drug-likeness (QED) is 0.405. The van der Waals surface area contributed by atoms with Crippen LogP contribution in [0.2, 0.25) is 5.02 Å². The fourth-order valence-corrected chi connectivity index (χ4v) is 3.52. The van der Waals surface area contributed by atoms with Gasteiger partial charge in [-0.3, -0.25) is 10.1 Å². The van der Waals surface area contributed by atoms with Crippen LogP contribution in [0.4, 0.5) is 5.69 Å². The molecule has 7 nitrogen and oxygen atoms in total. The van der Waals surface area contributed by atoms with E-state index in [4.69, 9.17) is 11.6 Å². The van der Waals surface area contributed by atoms with Crippen molar-refractivity contribution in [3.05, 3.63) is 73.1 Å². The van der Waals surface area contributed by atoms with E-state index in [0.717, 1.165) is 5.56 Å². The van der Waals surface area contributed by atoms with Crippen molar-refractivity contribution in [2.75, 3.05) is 0 Å². The molecule has 0 aliphatic heterocycles. The highest BCUT2D eigenvalue weighted by Gasteiger charge is 2.29. The highest BCUT2D eigenvalue weighted by atomic mass is 35.5. The fourth-order valence-electron chi connectivity index (χ4n) is 3.29. The van der Waals surface area contributed by atoms with E-state index >= 15 is 0 Å². The van der Waals surface area contributed by atoms with Crippen LogP contribution in [0.5, 0.6) is 5.88 Å². The minimum absolute atomic E-state index is 0.0391. The molecular weight excluding hydrogens is 346 g/mol. The number of hydrogen-bond donors (Lipinski definition) is 2. The van der Waals surface area contributed by atoms with Crippen molar-refractivity contribution in [1.29, 1.82) is 0 Å². The van der Waals surface area contributed by atoms with E-state index in [1.807, 2.05) is 12.1 Å². The molecule has 0 saturated carbocycles. The summed E-state index contributed by atoms with van der Waals surface area (Å²) in [6, 6.07) is 9.98. The number of aromatic hydroxyl groups is 1. The molecule has 1 aromatic heterocycles. The Morgan fingerprint density at radius 3 is 2.76 bits per heavy atom. The molecule has 0 saturated heterocycles. The van der Waals surface area contributed by atoms with E-state index in [2.05, 4.69) is 10.2 Å². The van der Waals surface area contributed by atoms with E-state index in [-0.39, 0.29) is 22.3 Å². The first-order valence-electron chi connectivity index (χ1n) is 7.35. The number of H-pyrrole nitrogens is 1. The molecule has 0 radical (unpaired) electrons. The number of nitro benzene ring substituents is 1. The standard InChI is InChI=1S/C17H10ClN3O4/c18-12-7-13-10(6-14(12)21(24)25)15(17(22)19-13)11-5-8-3-1-2-4-9(8)16(11)20-23/h1-4,6-7,19,22H,5H2. The highest BCUT2D eigenvalue weighted by Crippen LogP contribution is 2.45. The number of nitro groups is 1. The number of benzene rings is 2. The van der Waals surface area contributed by atoms with Gasteiger partial charge in [0.15, 0.2) is 5.88 Å². The van der Waals surface area contributed by atoms with Crippen LogP contribution in [0.3, 0.4) is 0 Å². The molecule has 0 fully saturated rings. The lowest BCUT2D eigenvalue weighted by molar-refractivity contribution is -0.384. The molecular formula is C17H10ClN3O4. The number of nitroso groups, excluding NO2 is 1. The Kier molecular flexibility index (Phi) is 3.33. The monoisotopic (exact) mass is 355 g/mol. The molecule has 1 aliphatic rings. The van der Waals surface area contributed by atoms with Crippen molar-refractivity contribution >= 4 is 39.5 Å². The van der Waals surface area contributed by atoms with Crippen LogP contribution in [0, 0.1) is 15.0 Å². The molecule has 0 bridgehead atoms. The van der Waals surface area contributed by atoms with Gasteiger partial charge in [0.25, 0.3) is 5.69 Å². The Morgan fingerprint density at radius 2 is 2.04 bits per heavy atom. The van der Waals surface area contributed by atoms with Crippen molar-refractivity contribution in [3.63, 3.8) is 0 Å². The fraction of sp³-hybridized carbons (Fsp3) is 0.0588. The lowest BCUT2D eigenvalue weighted by Gasteiger charge is -2.03. The number of nitrogens with one attached hydrogen (secondary N) is 1. The number of nitrogens with zero attached hydrogens (tertiary/aromatic N) is 2. The smallest absolute Gasteiger partial charge is 0.288 e. The van der Waals surface area contributed by atoms with Gasteiger partial charge in [-0.05, 0) is 22.4 Å². The van der Waals surface area contributed by atoms with Crippen molar-refractivity contribution in [2.45, 2.75) is 6.42 Å². The zero-order valence-corrected chi connectivity index (χ0v) is 13.4. The molecule has 25 heavy (non-hydrogen) atoms. The Labute approximate surface area is 145 Å². The second-order valence-corrected chi connectivity index (χ2v) is 6.11. The second kappa shape index (κ2) is 5.42. The molecule has 1 aliphatic carbocycles. The maximum absolute atomic E-state index is 11.4. The van der Waals surface area contributed by atoms with Crippen LogP contribution in [-0.2, 0) is 6.42 Å². The van der Waals surface area contributed by atoms with E-state index in [0.29, 0.717) is 34.0 Å². The van der Waals surface area contributed by atoms with Crippen molar-refractivity contribution in [2.24, 2.45) is 5.18 Å². The topological polar surface area (TPSA) is 109 Å². The molecule has 0 spiro atoms. The summed E-state index contributed by atoms with van der Waals surface area (Å²) in [7, 11) is 0. The first-order chi connectivity index (χ1) is 12.0. The normalized spacial score (nSPS) is 13.3. The lowest BCUT2D eigenvalue weighted by atomic mass is 10.0. The average Bonchev–Trinajstić information content (AvgIpc) is 3.09. The summed E-state index contributed by atoms with van der Waals surface area (Å²) in [5, 5.41) is 25.0. The molecule has 124 valence electrons. The van der Waals surface area contributed by atoms with Crippen LogP contribution < -0.4 is 0 Å². The summed E-state index contributed by atoms with van der Waals surface area (Å²) in [5.41, 5.74) is 2.86. The maximum Gasteiger partial charge on any atom is 0.288 e. The Morgan fingerprint density at radius 1 is 1.28 bits per heavy atom. The predicted octanol–water partition coefficient (Wildman–Crippen LogP) is 4.63. The van der Waals surface area contributed by atoms with Gasteiger partial charge in [-0.2, -0.15) is 0 Å². The van der Waals surface area contributed by atoms with Crippen LogP contribution in [0.15, 0.2) is 41.6 Å². The lowest BCUT2D eigenvalue weighted by Crippen LogP contribution is -1.90. The summed E-state index contributed by atoms with van der Waals surface area (Å²) in [4.78, 5) is 24.8. The molecule has 0 atom stereocenters. The molecule has 0 unspecified atom stereocenters. The van der Waals surface area contributed by atoms with Gasteiger partial charge in [-0.25, -0.2) is 0 Å². The van der Waals surface area contributed by atoms with E-state index in [1.165, 1.54) is 12.1 Å². The molecule has 1 heterocycles. The number of aromatic amines is 1. The molecule has 2 aromatic carbocycles. The number of allylic oxidation sites excluding steroid dienone is 1. The Bertz CT molecular complexity index is 1100. The van der Waals surface area contributed by atoms with E-state index in [1.54, 1.807) is 12.1 Å². The van der Waals surface area contributed by atoms with Crippen molar-refractivity contribution in [3.8, 4) is 5.88 Å². The van der Waals surface area contributed by atoms with Gasteiger partial charge >= 0.3 is 0 Å². The van der Waals surface area contributed by atoms with Crippen LogP contribution >= 0.6 is 11.6 Å². The second-order valence-electron chi connectivity index (χ2n) is 5.71. The number of halogens is 1. The number of fused-ring (bicyclic) bond motifs is 2. The minimum Gasteiger partial charge on any atom is -0.494 e. The molecule has 3 aromatic rings. The maximum atomic E-state index is 11.4. The minimum atomic E-state index is -0.591. The summed E-state index contributed by atoms with van der Waals surface area (Å²) >= 11 is 5.92. The Hall–Kier alpha value is -3.19. The first-order valence-corrected chi connectivity index (χ1v) is 7.72. The molecule has 8 heteroatoms. The molecule has 2 N–H and O–H groups in total. The number of rotatable bonds is 3. The van der Waals surface area contributed by atoms with Crippen LogP contribution in [0.25, 0.3) is 22.2 Å². The molecule has 0 amide bonds. The first kappa shape index (κ1) is 15.3. The number of hydrogen-bond acceptors (Lipinski definition) is 5. The largest absolute Gasteiger partial charge is 0.494 e. The van der Waals surface area contributed by atoms with Gasteiger partial charge in [-0.1, -0.05) is 35.9 Å². The van der Waals surface area contributed by atoms with Gasteiger partial charge < -0.3 is 10.1 Å². The van der Waals surface area contributed by atoms with Gasteiger partial charge in [0.2, 0.25) is 0 Å². The number of aromatic nitrogens is 1. The molecule has 4 rings (SSSR count). The van der Waals surface area contributed by atoms with E-state index in [9.17, 15) is 20.1 Å². The highest BCUT2D eigenvalue weighted by molar-refractivity contribution is 6.33. The third-order valence-electron chi connectivity index (χ3n) is 4.36. The van der Waals surface area contributed by atoms with Crippen LogP contribution in [0.1, 0.15) is 16.7 Å². The van der Waals surface area contributed by atoms with Crippen LogP contribution in [-0.4, -0.2) is 15.0 Å². The van der Waals surface area contributed by atoms with Gasteiger partial charge in [0.1, 0.15) is 10.7 Å². The summed E-state index contributed by atoms with van der Waals surface area (Å²) < 4.78 is 0. The van der Waals surface area contributed by atoms with E-state index < -0.39 is 4.92 Å². The van der Waals surface area contributed by atoms with Crippen molar-refractivity contribution < 1.29 is 10.0 Å². The zero-order valence-electron chi connectivity index (χ0n) is 12.6. The van der Waals surface area contributed by atoms with Gasteiger partial charge in [0, 0.05) is 29.0 Å². The summed E-state index contributed by atoms with van der Waals surface area (Å²) in [6.45, 7) is 0. The average molecular weight is 356 g/mol. The Balaban J connectivity index is 2.02. The van der Waals surface area contributed by atoms with Gasteiger partial charge in [0.05, 0.1) is 10.4 Å². The zero-order chi connectivity index (χ0) is 17.7. The third-order valence-corrected chi connectivity index (χ3v) is 4.66. The third kappa shape index (κ3) is 2.20. The van der Waals surface area contributed by atoms with Gasteiger partial charge in [-0.15, -0.1) is 4.91 Å². The SMILES string of the molecule is O=NC1=C(c2c(O)[nH]c3cc(Cl)c([N+](=O)[O-])cc23)Cc2ccccc21. The summed E-state index contributed by atoms with van der Waals surface area (Å²) in [5.74, 6) is -0.185. The summed E-state index contributed by atoms with van der Waals surface area (Å²) in [6.07, 6.45) is 0.397. The van der Waals surface area contributed by atoms with Crippen molar-refractivity contribution in [1.82, 2.24) is 4.98 Å².